The number of aromatic nitrogens is 2. The Bertz CT molecular complexity index is 380. The molecular formula is C11H17N3O2. The van der Waals surface area contributed by atoms with E-state index in [-0.39, 0.29) is 5.78 Å². The molecular weight excluding hydrogens is 206 g/mol. The Balaban J connectivity index is 2.01. The van der Waals surface area contributed by atoms with Gasteiger partial charge in [-0.2, -0.15) is 5.10 Å². The van der Waals surface area contributed by atoms with E-state index in [0.29, 0.717) is 32.5 Å². The molecule has 1 aromatic rings. The number of hydrogen-bond acceptors (Lipinski definition) is 4. The van der Waals surface area contributed by atoms with E-state index in [1.165, 1.54) is 0 Å². The highest BCUT2D eigenvalue weighted by Gasteiger charge is 2.35. The normalized spacial score (nSPS) is 19.6. The predicted octanol–water partition coefficient (Wildman–Crippen LogP) is 0.0396. The molecule has 0 unspecified atom stereocenters. The summed E-state index contributed by atoms with van der Waals surface area (Å²) < 4.78 is 6.91. The summed E-state index contributed by atoms with van der Waals surface area (Å²) >= 11 is 0. The van der Waals surface area contributed by atoms with Crippen molar-refractivity contribution >= 4 is 5.78 Å². The molecule has 2 N–H and O–H groups in total. The van der Waals surface area contributed by atoms with Gasteiger partial charge in [0.2, 0.25) is 0 Å². The van der Waals surface area contributed by atoms with Crippen molar-refractivity contribution in [2.45, 2.75) is 24.8 Å². The largest absolute Gasteiger partial charge is 0.381 e. The molecule has 0 radical (unpaired) electrons. The number of ketones is 1. The van der Waals surface area contributed by atoms with Crippen molar-refractivity contribution in [3.8, 4) is 0 Å². The number of Topliss-reactive ketones (excluding diaryl/α,β-unsaturated/α-hetero) is 1. The van der Waals surface area contributed by atoms with E-state index in [1.807, 2.05) is 19.3 Å². The zero-order valence-corrected chi connectivity index (χ0v) is 9.48. The minimum absolute atomic E-state index is 0.0644. The van der Waals surface area contributed by atoms with Crippen molar-refractivity contribution in [3.63, 3.8) is 0 Å². The van der Waals surface area contributed by atoms with Gasteiger partial charge < -0.3 is 10.5 Å². The molecule has 5 heteroatoms. The fourth-order valence-corrected chi connectivity index (χ4v) is 1.91. The zero-order valence-electron chi connectivity index (χ0n) is 9.48. The number of nitrogens with zero attached hydrogens (tertiary/aromatic N) is 2. The predicted molar refractivity (Wildman–Crippen MR) is 58.9 cm³/mol. The van der Waals surface area contributed by atoms with Crippen molar-refractivity contribution in [1.29, 1.82) is 0 Å². The lowest BCUT2D eigenvalue weighted by Crippen LogP contribution is -2.52. The Morgan fingerprint density at radius 2 is 2.31 bits per heavy atom. The number of carbonyl (C=O) groups is 1. The van der Waals surface area contributed by atoms with Gasteiger partial charge >= 0.3 is 0 Å². The fourth-order valence-electron chi connectivity index (χ4n) is 1.91. The minimum atomic E-state index is -0.713. The van der Waals surface area contributed by atoms with Crippen molar-refractivity contribution in [2.75, 3.05) is 13.2 Å². The highest BCUT2D eigenvalue weighted by molar-refractivity contribution is 5.89. The van der Waals surface area contributed by atoms with Crippen LogP contribution in [0.3, 0.4) is 0 Å². The summed E-state index contributed by atoms with van der Waals surface area (Å²) in [4.78, 5) is 12.1. The van der Waals surface area contributed by atoms with Crippen molar-refractivity contribution < 1.29 is 9.53 Å². The number of aryl methyl sites for hydroxylation is 1. The first-order valence-corrected chi connectivity index (χ1v) is 5.49. The lowest BCUT2D eigenvalue weighted by molar-refractivity contribution is -0.126. The van der Waals surface area contributed by atoms with Crippen LogP contribution in [0, 0.1) is 0 Å². The molecule has 1 aromatic heterocycles. The summed E-state index contributed by atoms with van der Waals surface area (Å²) in [5.74, 6) is 0.0644. The summed E-state index contributed by atoms with van der Waals surface area (Å²) in [6.07, 6.45) is 3.37. The lowest BCUT2D eigenvalue weighted by Gasteiger charge is -2.31. The summed E-state index contributed by atoms with van der Waals surface area (Å²) in [5.41, 5.74) is 6.16. The van der Waals surface area contributed by atoms with Crippen LogP contribution in [0.15, 0.2) is 12.3 Å². The van der Waals surface area contributed by atoms with Crippen LogP contribution in [0.25, 0.3) is 0 Å². The van der Waals surface area contributed by atoms with Crippen LogP contribution in [0.1, 0.15) is 18.5 Å². The van der Waals surface area contributed by atoms with Crippen LogP contribution < -0.4 is 5.73 Å². The Hall–Kier alpha value is -1.20. The van der Waals surface area contributed by atoms with E-state index in [4.69, 9.17) is 10.5 Å². The molecule has 1 saturated heterocycles. The minimum Gasteiger partial charge on any atom is -0.381 e. The second-order valence-electron chi connectivity index (χ2n) is 4.35. The van der Waals surface area contributed by atoms with E-state index in [1.54, 1.807) is 4.68 Å². The smallest absolute Gasteiger partial charge is 0.158 e. The Morgan fingerprint density at radius 3 is 2.88 bits per heavy atom. The van der Waals surface area contributed by atoms with E-state index >= 15 is 0 Å². The van der Waals surface area contributed by atoms with Gasteiger partial charge in [-0.25, -0.2) is 0 Å². The van der Waals surface area contributed by atoms with Crippen LogP contribution in [0.2, 0.25) is 0 Å². The first kappa shape index (κ1) is 11.3. The van der Waals surface area contributed by atoms with E-state index in [9.17, 15) is 4.79 Å². The van der Waals surface area contributed by atoms with Gasteiger partial charge in [0.1, 0.15) is 0 Å². The molecule has 0 atom stereocenters. The summed E-state index contributed by atoms with van der Waals surface area (Å²) in [5, 5.41) is 4.19. The quantitative estimate of drug-likeness (QED) is 0.785. The summed E-state index contributed by atoms with van der Waals surface area (Å²) in [7, 11) is 1.83. The van der Waals surface area contributed by atoms with Crippen molar-refractivity contribution in [3.05, 3.63) is 18.0 Å². The van der Waals surface area contributed by atoms with Gasteiger partial charge in [-0.05, 0) is 18.9 Å². The van der Waals surface area contributed by atoms with Gasteiger partial charge in [0.15, 0.2) is 5.78 Å². The van der Waals surface area contributed by atoms with E-state index in [0.717, 1.165) is 5.69 Å². The van der Waals surface area contributed by atoms with Gasteiger partial charge in [-0.15, -0.1) is 0 Å². The van der Waals surface area contributed by atoms with Crippen LogP contribution in [-0.4, -0.2) is 34.3 Å². The summed E-state index contributed by atoms with van der Waals surface area (Å²) in [6, 6.07) is 1.85. The van der Waals surface area contributed by atoms with Crippen molar-refractivity contribution in [1.82, 2.24) is 9.78 Å². The van der Waals surface area contributed by atoms with Gasteiger partial charge in [-0.1, -0.05) is 0 Å². The average Bonchev–Trinajstić information content (AvgIpc) is 2.65. The molecule has 88 valence electrons. The topological polar surface area (TPSA) is 70.1 Å². The van der Waals surface area contributed by atoms with Crippen LogP contribution >= 0.6 is 0 Å². The number of ether oxygens (including phenoxy) is 1. The second kappa shape index (κ2) is 4.35. The van der Waals surface area contributed by atoms with E-state index < -0.39 is 5.54 Å². The van der Waals surface area contributed by atoms with Crippen LogP contribution in [0.5, 0.6) is 0 Å². The second-order valence-corrected chi connectivity index (χ2v) is 4.35. The van der Waals surface area contributed by atoms with Gasteiger partial charge in [-0.3, -0.25) is 9.48 Å². The molecule has 0 aliphatic carbocycles. The molecule has 1 aliphatic rings. The summed E-state index contributed by atoms with van der Waals surface area (Å²) in [6.45, 7) is 1.15. The highest BCUT2D eigenvalue weighted by Crippen LogP contribution is 2.20. The number of hydrogen-bond donors (Lipinski definition) is 1. The fraction of sp³-hybridized carbons (Fsp3) is 0.636. The van der Waals surface area contributed by atoms with Gasteiger partial charge in [0, 0.05) is 26.5 Å². The zero-order chi connectivity index (χ0) is 11.6. The third-order valence-electron chi connectivity index (χ3n) is 3.05. The van der Waals surface area contributed by atoms with Crippen LogP contribution in [-0.2, 0) is 23.0 Å². The molecule has 0 spiro atoms. The SMILES string of the molecule is Cn1ccc(CC(=O)C2(N)CCOCC2)n1. The van der Waals surface area contributed by atoms with Gasteiger partial charge in [0.25, 0.3) is 0 Å². The Kier molecular flexibility index (Phi) is 3.07. The molecule has 0 aromatic carbocycles. The maximum Gasteiger partial charge on any atom is 0.158 e. The van der Waals surface area contributed by atoms with E-state index in [2.05, 4.69) is 5.10 Å². The average molecular weight is 223 g/mol. The molecule has 0 saturated carbocycles. The Morgan fingerprint density at radius 1 is 1.62 bits per heavy atom. The van der Waals surface area contributed by atoms with Crippen molar-refractivity contribution in [2.24, 2.45) is 12.8 Å². The first-order chi connectivity index (χ1) is 7.60. The monoisotopic (exact) mass is 223 g/mol. The molecule has 1 aliphatic heterocycles. The third-order valence-corrected chi connectivity index (χ3v) is 3.05. The molecule has 0 bridgehead atoms. The van der Waals surface area contributed by atoms with Crippen LogP contribution in [0.4, 0.5) is 0 Å². The van der Waals surface area contributed by atoms with Gasteiger partial charge in [0.05, 0.1) is 17.7 Å². The molecule has 2 rings (SSSR count). The maximum atomic E-state index is 12.1. The molecule has 5 nitrogen and oxygen atoms in total. The highest BCUT2D eigenvalue weighted by atomic mass is 16.5. The molecule has 2 heterocycles. The standard InChI is InChI=1S/C11H17N3O2/c1-14-5-2-9(13-14)8-10(15)11(12)3-6-16-7-4-11/h2,5H,3-4,6-8,12H2,1H3. The lowest BCUT2D eigenvalue weighted by atomic mass is 9.85. The first-order valence-electron chi connectivity index (χ1n) is 5.49. The Labute approximate surface area is 94.6 Å². The number of carbonyl (C=O) groups excluding carboxylic acids is 1. The molecule has 16 heavy (non-hydrogen) atoms. The molecule has 1 fully saturated rings. The molecule has 0 amide bonds. The third kappa shape index (κ3) is 2.31. The maximum absolute atomic E-state index is 12.1. The number of nitrogens with two attached hydrogens (primary N) is 1. The number of rotatable bonds is 3.